The predicted molar refractivity (Wildman–Crippen MR) is 103 cm³/mol. The van der Waals surface area contributed by atoms with E-state index in [-0.39, 0.29) is 25.0 Å². The molecule has 8 heteroatoms. The SMILES string of the molecule is COC1(c2ccc(Cl)c(Cc3cc(F)c(C)c(F)c3)c2)OC(CO)CC(O)C1O. The molecule has 5 nitrogen and oxygen atoms in total. The molecule has 1 saturated heterocycles. The van der Waals surface area contributed by atoms with Crippen LogP contribution in [0.25, 0.3) is 0 Å². The molecule has 0 spiro atoms. The highest BCUT2D eigenvalue weighted by Gasteiger charge is 2.51. The molecule has 1 fully saturated rings. The summed E-state index contributed by atoms with van der Waals surface area (Å²) in [6.07, 6.45) is -3.17. The minimum Gasteiger partial charge on any atom is -0.394 e. The number of aliphatic hydroxyl groups excluding tert-OH is 3. The Morgan fingerprint density at radius 3 is 2.45 bits per heavy atom. The second kappa shape index (κ2) is 8.63. The van der Waals surface area contributed by atoms with E-state index in [0.717, 1.165) is 0 Å². The number of hydrogen-bond donors (Lipinski definition) is 3. The van der Waals surface area contributed by atoms with Gasteiger partial charge in [0, 0.05) is 29.7 Å². The van der Waals surface area contributed by atoms with Gasteiger partial charge in [-0.05, 0) is 48.7 Å². The van der Waals surface area contributed by atoms with Crippen molar-refractivity contribution < 1.29 is 33.6 Å². The van der Waals surface area contributed by atoms with Crippen LogP contribution in [0.3, 0.4) is 0 Å². The fraction of sp³-hybridized carbons (Fsp3) is 0.429. The van der Waals surface area contributed by atoms with Gasteiger partial charge < -0.3 is 24.8 Å². The Balaban J connectivity index is 2.01. The van der Waals surface area contributed by atoms with E-state index in [1.54, 1.807) is 18.2 Å². The van der Waals surface area contributed by atoms with Crippen LogP contribution in [0.15, 0.2) is 30.3 Å². The predicted octanol–water partition coefficient (Wildman–Crippen LogP) is 2.82. The van der Waals surface area contributed by atoms with Crippen LogP contribution in [0.4, 0.5) is 8.78 Å². The van der Waals surface area contributed by atoms with Crippen LogP contribution in [0.5, 0.6) is 0 Å². The largest absolute Gasteiger partial charge is 0.394 e. The van der Waals surface area contributed by atoms with E-state index in [1.165, 1.54) is 26.2 Å². The Kier molecular flexibility index (Phi) is 6.57. The standard InChI is InChI=1S/C21H23ClF2O5/c1-11-17(23)6-12(7-18(11)24)5-13-8-14(3-4-16(13)22)21(28-2)20(27)19(26)9-15(10-25)29-21/h3-4,6-8,15,19-20,25-27H,5,9-10H2,1-2H3. The molecule has 0 aliphatic carbocycles. The van der Waals surface area contributed by atoms with Crippen molar-refractivity contribution >= 4 is 11.6 Å². The Morgan fingerprint density at radius 2 is 1.86 bits per heavy atom. The first-order valence-corrected chi connectivity index (χ1v) is 9.53. The summed E-state index contributed by atoms with van der Waals surface area (Å²) in [5, 5.41) is 30.6. The first-order chi connectivity index (χ1) is 13.7. The summed E-state index contributed by atoms with van der Waals surface area (Å²) >= 11 is 6.28. The summed E-state index contributed by atoms with van der Waals surface area (Å²) in [4.78, 5) is 0. The maximum absolute atomic E-state index is 13.9. The quantitative estimate of drug-likeness (QED) is 0.682. The van der Waals surface area contributed by atoms with Gasteiger partial charge in [0.25, 0.3) is 0 Å². The van der Waals surface area contributed by atoms with Gasteiger partial charge in [0.1, 0.15) is 17.7 Å². The molecule has 1 heterocycles. The molecule has 3 rings (SSSR count). The molecule has 3 N–H and O–H groups in total. The normalized spacial score (nSPS) is 27.2. The zero-order valence-corrected chi connectivity index (χ0v) is 16.8. The molecule has 1 aliphatic heterocycles. The maximum atomic E-state index is 13.9. The third-order valence-electron chi connectivity index (χ3n) is 5.29. The van der Waals surface area contributed by atoms with Crippen molar-refractivity contribution in [2.45, 2.75) is 43.9 Å². The molecular weight excluding hydrogens is 406 g/mol. The van der Waals surface area contributed by atoms with E-state index in [9.17, 15) is 24.1 Å². The number of hydrogen-bond acceptors (Lipinski definition) is 5. The van der Waals surface area contributed by atoms with Gasteiger partial charge in [-0.15, -0.1) is 0 Å². The van der Waals surface area contributed by atoms with Crippen LogP contribution < -0.4 is 0 Å². The van der Waals surface area contributed by atoms with Crippen LogP contribution in [0, 0.1) is 18.6 Å². The molecule has 0 saturated carbocycles. The van der Waals surface area contributed by atoms with Gasteiger partial charge >= 0.3 is 0 Å². The molecule has 2 aromatic rings. The Hall–Kier alpha value is -1.61. The van der Waals surface area contributed by atoms with Gasteiger partial charge in [0.15, 0.2) is 0 Å². The van der Waals surface area contributed by atoms with E-state index in [4.69, 9.17) is 21.1 Å². The van der Waals surface area contributed by atoms with E-state index in [2.05, 4.69) is 0 Å². The minimum atomic E-state index is -1.73. The molecule has 0 amide bonds. The smallest absolute Gasteiger partial charge is 0.224 e. The summed E-state index contributed by atoms with van der Waals surface area (Å²) in [6, 6.07) is 7.20. The van der Waals surface area contributed by atoms with E-state index >= 15 is 0 Å². The van der Waals surface area contributed by atoms with Crippen molar-refractivity contribution in [1.82, 2.24) is 0 Å². The third kappa shape index (κ3) is 4.17. The number of aliphatic hydroxyl groups is 3. The van der Waals surface area contributed by atoms with E-state index in [0.29, 0.717) is 21.7 Å². The molecule has 4 atom stereocenters. The van der Waals surface area contributed by atoms with Gasteiger partial charge in [-0.25, -0.2) is 8.78 Å². The number of rotatable bonds is 5. The first kappa shape index (κ1) is 22.1. The van der Waals surface area contributed by atoms with Crippen molar-refractivity contribution in [2.24, 2.45) is 0 Å². The number of ether oxygens (including phenoxy) is 2. The van der Waals surface area contributed by atoms with E-state index in [1.807, 2.05) is 0 Å². The molecule has 29 heavy (non-hydrogen) atoms. The Labute approximate surface area is 172 Å². The van der Waals surface area contributed by atoms with E-state index < -0.39 is 35.7 Å². The summed E-state index contributed by atoms with van der Waals surface area (Å²) in [6.45, 7) is 0.992. The van der Waals surface area contributed by atoms with Crippen molar-refractivity contribution in [1.29, 1.82) is 0 Å². The van der Waals surface area contributed by atoms with Gasteiger partial charge in [0.2, 0.25) is 5.79 Å². The fourth-order valence-corrected chi connectivity index (χ4v) is 3.79. The molecule has 0 radical (unpaired) electrons. The summed E-state index contributed by atoms with van der Waals surface area (Å²) in [7, 11) is 1.31. The molecule has 1 aliphatic rings. The zero-order valence-electron chi connectivity index (χ0n) is 16.0. The number of halogens is 3. The molecular formula is C21H23ClF2O5. The van der Waals surface area contributed by atoms with Crippen molar-refractivity contribution in [3.8, 4) is 0 Å². The molecule has 158 valence electrons. The minimum absolute atomic E-state index is 0.0468. The van der Waals surface area contributed by atoms with Gasteiger partial charge in [-0.2, -0.15) is 0 Å². The summed E-state index contributed by atoms with van der Waals surface area (Å²) < 4.78 is 39.1. The average molecular weight is 429 g/mol. The Morgan fingerprint density at radius 1 is 1.21 bits per heavy atom. The lowest BCUT2D eigenvalue weighted by Gasteiger charge is -2.45. The van der Waals surface area contributed by atoms with Gasteiger partial charge in [-0.1, -0.05) is 17.7 Å². The molecule has 0 aromatic heterocycles. The molecule has 2 aromatic carbocycles. The van der Waals surface area contributed by atoms with Gasteiger partial charge in [0.05, 0.1) is 18.8 Å². The Bertz CT molecular complexity index is 870. The van der Waals surface area contributed by atoms with Crippen molar-refractivity contribution in [3.05, 3.63) is 69.2 Å². The number of methoxy groups -OCH3 is 1. The fourth-order valence-electron chi connectivity index (χ4n) is 3.60. The van der Waals surface area contributed by atoms with Crippen molar-refractivity contribution in [2.75, 3.05) is 13.7 Å². The average Bonchev–Trinajstić information content (AvgIpc) is 2.70. The lowest BCUT2D eigenvalue weighted by molar-refractivity contribution is -0.344. The summed E-state index contributed by atoms with van der Waals surface area (Å²) in [5.74, 6) is -3.03. The van der Waals surface area contributed by atoms with Crippen LogP contribution in [-0.2, 0) is 21.7 Å². The molecule has 0 bridgehead atoms. The lowest BCUT2D eigenvalue weighted by Crippen LogP contribution is -2.57. The molecule has 4 unspecified atom stereocenters. The number of benzene rings is 2. The monoisotopic (exact) mass is 428 g/mol. The zero-order chi connectivity index (χ0) is 21.3. The lowest BCUT2D eigenvalue weighted by atomic mass is 9.88. The van der Waals surface area contributed by atoms with Crippen LogP contribution in [0.2, 0.25) is 5.02 Å². The van der Waals surface area contributed by atoms with Crippen LogP contribution in [0.1, 0.15) is 28.7 Å². The third-order valence-corrected chi connectivity index (χ3v) is 5.66. The first-order valence-electron chi connectivity index (χ1n) is 9.15. The topological polar surface area (TPSA) is 79.2 Å². The highest BCUT2D eigenvalue weighted by atomic mass is 35.5. The second-order valence-electron chi connectivity index (χ2n) is 7.21. The van der Waals surface area contributed by atoms with Gasteiger partial charge in [-0.3, -0.25) is 0 Å². The highest BCUT2D eigenvalue weighted by Crippen LogP contribution is 2.40. The van der Waals surface area contributed by atoms with Crippen molar-refractivity contribution in [3.63, 3.8) is 0 Å². The summed E-state index contributed by atoms with van der Waals surface area (Å²) in [5.41, 5.74) is 1.21. The second-order valence-corrected chi connectivity index (χ2v) is 7.62. The van der Waals surface area contributed by atoms with Crippen LogP contribution in [-0.4, -0.2) is 47.3 Å². The van der Waals surface area contributed by atoms with Crippen LogP contribution >= 0.6 is 11.6 Å². The maximum Gasteiger partial charge on any atom is 0.224 e. The highest BCUT2D eigenvalue weighted by molar-refractivity contribution is 6.31.